The normalized spacial score (nSPS) is 12.0. The van der Waals surface area contributed by atoms with Crippen molar-refractivity contribution in [2.24, 2.45) is 0 Å². The molecule has 11 heavy (non-hydrogen) atoms. The van der Waals surface area contributed by atoms with Crippen LogP contribution in [-0.2, 0) is 4.43 Å². The van der Waals surface area contributed by atoms with Crippen LogP contribution in [0, 0.1) is 0 Å². The summed E-state index contributed by atoms with van der Waals surface area (Å²) in [7, 11) is 1.70. The minimum absolute atomic E-state index is 1.05. The largest absolute Gasteiger partial charge is 0.403 e. The van der Waals surface area contributed by atoms with E-state index in [1.807, 2.05) is 0 Å². The number of rotatable bonds is 6. The molecule has 0 aliphatic carbocycles. The highest BCUT2D eigenvalue weighted by Crippen LogP contribution is 2.22. The molecule has 4 heteroatoms. The molecule has 0 aromatic rings. The lowest BCUT2D eigenvalue weighted by Crippen LogP contribution is -2.22. The molecule has 0 saturated carbocycles. The second kappa shape index (κ2) is 6.40. The van der Waals surface area contributed by atoms with E-state index in [-0.39, 0.29) is 0 Å². The summed E-state index contributed by atoms with van der Waals surface area (Å²) in [5, 5.41) is 0. The van der Waals surface area contributed by atoms with Gasteiger partial charge in [-0.3, -0.25) is 0 Å². The van der Waals surface area contributed by atoms with Crippen LogP contribution in [0.1, 0.15) is 32.6 Å². The summed E-state index contributed by atoms with van der Waals surface area (Å²) < 4.78 is 5.19. The molecule has 0 spiro atoms. The Morgan fingerprint density at radius 3 is 2.27 bits per heavy atom. The quantitative estimate of drug-likeness (QED) is 0.389. The van der Waals surface area contributed by atoms with E-state index in [1.54, 1.807) is 7.11 Å². The predicted molar refractivity (Wildman–Crippen MR) is 59.7 cm³/mol. The smallest absolute Gasteiger partial charge is 0.312 e. The second-order valence-electron chi connectivity index (χ2n) is 2.76. The first-order valence-electron chi connectivity index (χ1n) is 4.12. The Labute approximate surface area is 81.1 Å². The third-order valence-corrected chi connectivity index (χ3v) is 5.78. The van der Waals surface area contributed by atoms with Gasteiger partial charge in [-0.05, 0) is 6.04 Å². The molecule has 0 heterocycles. The van der Waals surface area contributed by atoms with Gasteiger partial charge in [0, 0.05) is 7.11 Å². The molecule has 0 amide bonds. The van der Waals surface area contributed by atoms with E-state index >= 15 is 0 Å². The van der Waals surface area contributed by atoms with E-state index in [0.29, 0.717) is 0 Å². The van der Waals surface area contributed by atoms with E-state index < -0.39 is 6.62 Å². The summed E-state index contributed by atoms with van der Waals surface area (Å²) in [5.74, 6) is 0. The lowest BCUT2D eigenvalue weighted by Gasteiger charge is -2.16. The van der Waals surface area contributed by atoms with Crippen LogP contribution < -0.4 is 0 Å². The van der Waals surface area contributed by atoms with Gasteiger partial charge < -0.3 is 4.43 Å². The van der Waals surface area contributed by atoms with Crippen molar-refractivity contribution in [2.75, 3.05) is 7.11 Å². The van der Waals surface area contributed by atoms with Crippen molar-refractivity contribution in [2.45, 2.75) is 38.7 Å². The van der Waals surface area contributed by atoms with Crippen molar-refractivity contribution < 1.29 is 4.43 Å². The molecular formula is C7H18OS2Si. The van der Waals surface area contributed by atoms with Gasteiger partial charge in [0.2, 0.25) is 0 Å². The zero-order valence-corrected chi connectivity index (χ0v) is 10.1. The summed E-state index contributed by atoms with van der Waals surface area (Å²) in [6, 6.07) is 1.05. The Bertz CT molecular complexity index is 98.4. The summed E-state index contributed by atoms with van der Waals surface area (Å²) in [4.78, 5) is 0. The zero-order valence-electron chi connectivity index (χ0n) is 7.34. The third kappa shape index (κ3) is 7.24. The lowest BCUT2D eigenvalue weighted by molar-refractivity contribution is 0.428. The van der Waals surface area contributed by atoms with Gasteiger partial charge >= 0.3 is 6.62 Å². The fourth-order valence-electron chi connectivity index (χ4n) is 0.884. The van der Waals surface area contributed by atoms with Crippen LogP contribution in [0.15, 0.2) is 0 Å². The summed E-state index contributed by atoms with van der Waals surface area (Å²) >= 11 is 8.74. The topological polar surface area (TPSA) is 9.23 Å². The summed E-state index contributed by atoms with van der Waals surface area (Å²) in [6.07, 6.45) is 5.09. The Kier molecular flexibility index (Phi) is 6.91. The highest BCUT2D eigenvalue weighted by atomic mass is 32.5. The van der Waals surface area contributed by atoms with Gasteiger partial charge in [0.25, 0.3) is 0 Å². The van der Waals surface area contributed by atoms with Crippen molar-refractivity contribution in [3.63, 3.8) is 0 Å². The van der Waals surface area contributed by atoms with Crippen LogP contribution in [0.3, 0.4) is 0 Å². The first kappa shape index (κ1) is 11.9. The van der Waals surface area contributed by atoms with Crippen LogP contribution >= 0.6 is 24.2 Å². The molecule has 68 valence electrons. The molecule has 0 radical (unpaired) electrons. The Morgan fingerprint density at radius 1 is 1.18 bits per heavy atom. The van der Waals surface area contributed by atoms with Crippen LogP contribution in [0.4, 0.5) is 0 Å². The highest BCUT2D eigenvalue weighted by Gasteiger charge is 2.22. The number of thiol groups is 2. The molecule has 0 aliphatic rings. The SMILES string of the molecule is CCCCCC[Si](S)(S)OC. The molecule has 0 aromatic carbocycles. The molecule has 1 nitrogen and oxygen atoms in total. The fraction of sp³-hybridized carbons (Fsp3) is 1.00. The summed E-state index contributed by atoms with van der Waals surface area (Å²) in [5.41, 5.74) is 0. The Hall–Kier alpha value is 0.877. The molecule has 0 atom stereocenters. The van der Waals surface area contributed by atoms with E-state index in [4.69, 9.17) is 4.43 Å². The van der Waals surface area contributed by atoms with Gasteiger partial charge in [-0.25, -0.2) is 0 Å². The monoisotopic (exact) mass is 210 g/mol. The maximum Gasteiger partial charge on any atom is 0.312 e. The average Bonchev–Trinajstić information content (AvgIpc) is 1.99. The highest BCUT2D eigenvalue weighted by molar-refractivity contribution is 8.44. The minimum Gasteiger partial charge on any atom is -0.403 e. The fourth-order valence-corrected chi connectivity index (χ4v) is 2.75. The average molecular weight is 210 g/mol. The van der Waals surface area contributed by atoms with Crippen LogP contribution in [0.2, 0.25) is 6.04 Å². The van der Waals surface area contributed by atoms with Crippen LogP contribution in [-0.4, -0.2) is 13.7 Å². The Balaban J connectivity index is 3.23. The first-order chi connectivity index (χ1) is 5.12. The first-order valence-corrected chi connectivity index (χ1v) is 8.81. The molecule has 0 saturated heterocycles. The van der Waals surface area contributed by atoms with Gasteiger partial charge in [0.15, 0.2) is 0 Å². The van der Waals surface area contributed by atoms with Gasteiger partial charge in [0.1, 0.15) is 0 Å². The molecule has 0 unspecified atom stereocenters. The molecular weight excluding hydrogens is 192 g/mol. The van der Waals surface area contributed by atoms with E-state index in [1.165, 1.54) is 25.7 Å². The van der Waals surface area contributed by atoms with Crippen molar-refractivity contribution in [3.8, 4) is 0 Å². The van der Waals surface area contributed by atoms with Gasteiger partial charge in [-0.15, -0.1) is 0 Å². The maximum atomic E-state index is 5.19. The predicted octanol–water partition coefficient (Wildman–Crippen LogP) is 3.01. The zero-order chi connectivity index (χ0) is 8.74. The van der Waals surface area contributed by atoms with Gasteiger partial charge in [-0.1, -0.05) is 32.6 Å². The standard InChI is InChI=1S/C7H18OS2Si/c1-3-4-5-6-7-11(9,10)8-2/h9-10H,3-7H2,1-2H3. The molecule has 0 aromatic heterocycles. The van der Waals surface area contributed by atoms with E-state index in [9.17, 15) is 0 Å². The molecule has 0 rings (SSSR count). The van der Waals surface area contributed by atoms with E-state index in [2.05, 4.69) is 31.1 Å². The molecule has 0 fully saturated rings. The van der Waals surface area contributed by atoms with Crippen LogP contribution in [0.5, 0.6) is 0 Å². The van der Waals surface area contributed by atoms with Crippen molar-refractivity contribution in [1.82, 2.24) is 0 Å². The molecule has 0 aliphatic heterocycles. The number of hydrogen-bond acceptors (Lipinski definition) is 3. The van der Waals surface area contributed by atoms with Crippen LogP contribution in [0.25, 0.3) is 0 Å². The lowest BCUT2D eigenvalue weighted by atomic mass is 10.2. The third-order valence-electron chi connectivity index (χ3n) is 1.68. The molecule has 0 bridgehead atoms. The summed E-state index contributed by atoms with van der Waals surface area (Å²) in [6.45, 7) is 0.372. The number of unbranched alkanes of at least 4 members (excludes halogenated alkanes) is 3. The Morgan fingerprint density at radius 2 is 1.82 bits per heavy atom. The van der Waals surface area contributed by atoms with Gasteiger partial charge in [0.05, 0.1) is 0 Å². The van der Waals surface area contributed by atoms with Crippen molar-refractivity contribution >= 4 is 30.8 Å². The second-order valence-corrected chi connectivity index (χ2v) is 10.5. The number of hydrogen-bond donors (Lipinski definition) is 2. The van der Waals surface area contributed by atoms with E-state index in [0.717, 1.165) is 6.04 Å². The van der Waals surface area contributed by atoms with Crippen molar-refractivity contribution in [1.29, 1.82) is 0 Å². The minimum atomic E-state index is -1.84. The maximum absolute atomic E-state index is 5.19. The van der Waals surface area contributed by atoms with Gasteiger partial charge in [-0.2, -0.15) is 24.2 Å². The molecule has 0 N–H and O–H groups in total. The van der Waals surface area contributed by atoms with Crippen molar-refractivity contribution in [3.05, 3.63) is 0 Å².